The number of aromatic nitrogens is 1. The van der Waals surface area contributed by atoms with Gasteiger partial charge in [0.2, 0.25) is 5.91 Å². The van der Waals surface area contributed by atoms with E-state index in [0.717, 1.165) is 36.5 Å². The lowest BCUT2D eigenvalue weighted by molar-refractivity contribution is -0.165. The van der Waals surface area contributed by atoms with Gasteiger partial charge in [0, 0.05) is 31.9 Å². The van der Waals surface area contributed by atoms with Gasteiger partial charge in [-0.15, -0.1) is 0 Å². The average Bonchev–Trinajstić information content (AvgIpc) is 3.01. The second-order valence-electron chi connectivity index (χ2n) is 12.0. The van der Waals surface area contributed by atoms with Crippen molar-refractivity contribution in [3.05, 3.63) is 36.2 Å². The van der Waals surface area contributed by atoms with Gasteiger partial charge >= 0.3 is 0 Å². The van der Waals surface area contributed by atoms with Gasteiger partial charge in [0.1, 0.15) is 0 Å². The van der Waals surface area contributed by atoms with E-state index in [1.165, 1.54) is 31.2 Å². The molecule has 0 radical (unpaired) electrons. The third-order valence-electron chi connectivity index (χ3n) is 10.5. The fraction of sp³-hybridized carbons (Fsp3) is 0.714. The highest BCUT2D eigenvalue weighted by molar-refractivity contribution is 5.77. The lowest BCUT2D eigenvalue weighted by Crippen LogP contribution is -2.63. The minimum absolute atomic E-state index is 0.300. The maximum atomic E-state index is 12.5. The molecule has 2 heterocycles. The van der Waals surface area contributed by atoms with Crippen LogP contribution in [0.5, 0.6) is 0 Å². The number of piperidine rings is 1. The first-order valence-electron chi connectivity index (χ1n) is 12.6. The van der Waals surface area contributed by atoms with Crippen molar-refractivity contribution in [1.82, 2.24) is 9.88 Å². The van der Waals surface area contributed by atoms with Crippen LogP contribution in [0, 0.1) is 46.3 Å². The number of rotatable bonds is 2. The Morgan fingerprint density at radius 3 is 2.65 bits per heavy atom. The normalized spacial score (nSPS) is 47.2. The molecule has 0 N–H and O–H groups in total. The van der Waals surface area contributed by atoms with E-state index in [2.05, 4.69) is 62.8 Å². The molecular weight excluding hydrogens is 380 g/mol. The van der Waals surface area contributed by atoms with Crippen molar-refractivity contribution in [3.8, 4) is 0 Å². The first-order valence-corrected chi connectivity index (χ1v) is 12.6. The molecule has 1 aliphatic heterocycles. The summed E-state index contributed by atoms with van der Waals surface area (Å²) in [6.45, 7) is 10.1. The summed E-state index contributed by atoms with van der Waals surface area (Å²) in [6, 6.07) is 4.62. The Labute approximate surface area is 188 Å². The van der Waals surface area contributed by atoms with Gasteiger partial charge in [-0.3, -0.25) is 9.78 Å². The molecular formula is C28H40N2O. The smallest absolute Gasteiger partial charge is 0.222 e. The molecule has 3 saturated carbocycles. The molecule has 4 aliphatic rings. The van der Waals surface area contributed by atoms with Crippen LogP contribution in [-0.2, 0) is 4.79 Å². The number of carbonyl (C=O) groups excluding carboxylic acids is 1. The van der Waals surface area contributed by atoms with E-state index < -0.39 is 0 Å². The van der Waals surface area contributed by atoms with Crippen LogP contribution in [0.3, 0.4) is 0 Å². The molecule has 4 fully saturated rings. The van der Waals surface area contributed by atoms with Crippen LogP contribution < -0.4 is 0 Å². The number of nitrogens with zero attached hydrogens (tertiary/aromatic N) is 2. The number of amides is 1. The van der Waals surface area contributed by atoms with Crippen molar-refractivity contribution in [2.45, 2.75) is 72.3 Å². The number of hydrogen-bond donors (Lipinski definition) is 0. The molecule has 1 aromatic heterocycles. The van der Waals surface area contributed by atoms with E-state index >= 15 is 0 Å². The van der Waals surface area contributed by atoms with Gasteiger partial charge in [0.25, 0.3) is 0 Å². The summed E-state index contributed by atoms with van der Waals surface area (Å²) in [7, 11) is 2.07. The third kappa shape index (κ3) is 3.13. The maximum Gasteiger partial charge on any atom is 0.222 e. The second-order valence-corrected chi connectivity index (χ2v) is 12.0. The highest BCUT2D eigenvalue weighted by Crippen LogP contribution is 2.68. The predicted octanol–water partition coefficient (Wildman–Crippen LogP) is 6.07. The first-order chi connectivity index (χ1) is 14.8. The van der Waals surface area contributed by atoms with Crippen LogP contribution in [0.25, 0.3) is 6.08 Å². The average molecular weight is 421 g/mol. The highest BCUT2D eigenvalue weighted by atomic mass is 16.2. The standard InChI is InChI=1S/C28H40N2O/c1-18-15-23-26-19(2)16-24-28(4,13-11-25(31)30(24)5)22(26)10-12-27(23,3)21(18)9-8-20-7-6-14-29-17-20/h6-9,14,17-19,21-24,26H,10-13,15-16H2,1-5H3/t18?,19?,21-,22-,23-,24?,26+,27+,28+/m0/s1. The zero-order valence-electron chi connectivity index (χ0n) is 20.1. The van der Waals surface area contributed by atoms with E-state index in [9.17, 15) is 4.79 Å². The zero-order valence-corrected chi connectivity index (χ0v) is 20.1. The van der Waals surface area contributed by atoms with Crippen molar-refractivity contribution >= 4 is 12.0 Å². The number of allylic oxidation sites excluding steroid dienone is 1. The number of carbonyl (C=O) groups is 1. The molecule has 9 atom stereocenters. The third-order valence-corrected chi connectivity index (χ3v) is 10.5. The fourth-order valence-corrected chi connectivity index (χ4v) is 8.97. The first kappa shape index (κ1) is 21.2. The minimum Gasteiger partial charge on any atom is -0.342 e. The van der Waals surface area contributed by atoms with Crippen LogP contribution in [0.15, 0.2) is 30.6 Å². The number of pyridine rings is 1. The Balaban J connectivity index is 1.44. The van der Waals surface area contributed by atoms with Crippen molar-refractivity contribution < 1.29 is 4.79 Å². The van der Waals surface area contributed by atoms with E-state index in [-0.39, 0.29) is 0 Å². The number of hydrogen-bond acceptors (Lipinski definition) is 2. The van der Waals surface area contributed by atoms with E-state index in [1.807, 2.05) is 18.5 Å². The molecule has 3 aliphatic carbocycles. The van der Waals surface area contributed by atoms with Crippen LogP contribution in [0.1, 0.15) is 71.8 Å². The van der Waals surface area contributed by atoms with Gasteiger partial charge in [0.15, 0.2) is 0 Å². The summed E-state index contributed by atoms with van der Waals surface area (Å²) >= 11 is 0. The van der Waals surface area contributed by atoms with Crippen LogP contribution in [0.4, 0.5) is 0 Å². The summed E-state index contributed by atoms with van der Waals surface area (Å²) in [5.74, 6) is 4.82. The maximum absolute atomic E-state index is 12.5. The van der Waals surface area contributed by atoms with Gasteiger partial charge in [-0.2, -0.15) is 0 Å². The molecule has 5 rings (SSSR count). The van der Waals surface area contributed by atoms with E-state index in [1.54, 1.807) is 0 Å². The fourth-order valence-electron chi connectivity index (χ4n) is 8.97. The molecule has 31 heavy (non-hydrogen) atoms. The number of fused-ring (bicyclic) bond motifs is 5. The quantitative estimate of drug-likeness (QED) is 0.582. The van der Waals surface area contributed by atoms with Gasteiger partial charge in [-0.1, -0.05) is 45.9 Å². The minimum atomic E-state index is 0.300. The van der Waals surface area contributed by atoms with Gasteiger partial charge in [-0.25, -0.2) is 0 Å². The van der Waals surface area contributed by atoms with Gasteiger partial charge in [-0.05, 0) is 90.1 Å². The Morgan fingerprint density at radius 1 is 1.10 bits per heavy atom. The summed E-state index contributed by atoms with van der Waals surface area (Å²) in [6.07, 6.45) is 15.7. The highest BCUT2D eigenvalue weighted by Gasteiger charge is 2.63. The molecule has 1 amide bonds. The molecule has 0 aromatic carbocycles. The monoisotopic (exact) mass is 420 g/mol. The Bertz CT molecular complexity index is 865. The topological polar surface area (TPSA) is 33.2 Å². The Hall–Kier alpha value is -1.64. The van der Waals surface area contributed by atoms with Crippen LogP contribution in [-0.4, -0.2) is 28.9 Å². The molecule has 1 saturated heterocycles. The molecule has 3 heteroatoms. The van der Waals surface area contributed by atoms with Crippen LogP contribution >= 0.6 is 0 Å². The second kappa shape index (κ2) is 7.46. The molecule has 168 valence electrons. The summed E-state index contributed by atoms with van der Waals surface area (Å²) in [5, 5.41) is 0. The molecule has 0 spiro atoms. The summed E-state index contributed by atoms with van der Waals surface area (Å²) in [5.41, 5.74) is 1.91. The molecule has 0 bridgehead atoms. The van der Waals surface area contributed by atoms with Crippen molar-refractivity contribution in [1.29, 1.82) is 0 Å². The largest absolute Gasteiger partial charge is 0.342 e. The summed E-state index contributed by atoms with van der Waals surface area (Å²) < 4.78 is 0. The summed E-state index contributed by atoms with van der Waals surface area (Å²) in [4.78, 5) is 18.9. The van der Waals surface area contributed by atoms with Crippen molar-refractivity contribution in [3.63, 3.8) is 0 Å². The zero-order chi connectivity index (χ0) is 22.0. The molecule has 3 nitrogen and oxygen atoms in total. The van der Waals surface area contributed by atoms with Gasteiger partial charge < -0.3 is 4.90 Å². The van der Waals surface area contributed by atoms with E-state index in [0.29, 0.717) is 34.6 Å². The Kier molecular flexibility index (Phi) is 5.10. The van der Waals surface area contributed by atoms with E-state index in [4.69, 9.17) is 0 Å². The molecule has 3 unspecified atom stereocenters. The van der Waals surface area contributed by atoms with Crippen molar-refractivity contribution in [2.75, 3.05) is 7.05 Å². The lowest BCUT2D eigenvalue weighted by Gasteiger charge is -2.63. The number of likely N-dealkylation sites (tertiary alicyclic amines) is 1. The van der Waals surface area contributed by atoms with Crippen molar-refractivity contribution in [2.24, 2.45) is 46.3 Å². The van der Waals surface area contributed by atoms with Crippen LogP contribution in [0.2, 0.25) is 0 Å². The van der Waals surface area contributed by atoms with Gasteiger partial charge in [0.05, 0.1) is 0 Å². The lowest BCUT2D eigenvalue weighted by atomic mass is 9.44. The molecule has 1 aromatic rings. The predicted molar refractivity (Wildman–Crippen MR) is 126 cm³/mol. The SMILES string of the molecule is CC1CC2N(C)C(=O)CC[C@]2(C)[C@H]2CC[C@]3(C)[C@@H](C=Cc4cccnc4)C(C)C[C@H]3[C@H]12. The Morgan fingerprint density at radius 2 is 1.90 bits per heavy atom.